The minimum absolute atomic E-state index is 0.339. The average Bonchev–Trinajstić information content (AvgIpc) is 2.56. The molecule has 0 unspecified atom stereocenters. The van der Waals surface area contributed by atoms with Crippen LogP contribution in [0.3, 0.4) is 0 Å². The molecule has 120 valence electrons. The second-order valence-electron chi connectivity index (χ2n) is 6.19. The van der Waals surface area contributed by atoms with Gasteiger partial charge in [-0.1, -0.05) is 0 Å². The number of rotatable bonds is 5. The second-order valence-corrected chi connectivity index (χ2v) is 6.19. The maximum atomic E-state index is 11.8. The zero-order chi connectivity index (χ0) is 15.2. The molecule has 1 aromatic heterocycles. The van der Waals surface area contributed by atoms with Gasteiger partial charge in [0.25, 0.3) is 0 Å². The van der Waals surface area contributed by atoms with E-state index >= 15 is 0 Å². The lowest BCUT2D eigenvalue weighted by Gasteiger charge is -2.35. The van der Waals surface area contributed by atoms with Crippen molar-refractivity contribution in [2.24, 2.45) is 0 Å². The van der Waals surface area contributed by atoms with Gasteiger partial charge < -0.3 is 15.1 Å². The number of hydrogen-bond donors (Lipinski definition) is 1. The van der Waals surface area contributed by atoms with Crippen molar-refractivity contribution in [1.29, 1.82) is 0 Å². The summed E-state index contributed by atoms with van der Waals surface area (Å²) in [6.07, 6.45) is 8.56. The van der Waals surface area contributed by atoms with Gasteiger partial charge in [0.15, 0.2) is 0 Å². The minimum Gasteiger partial charge on any atom is -0.367 e. The van der Waals surface area contributed by atoms with Crippen molar-refractivity contribution in [3.05, 3.63) is 18.6 Å². The molecule has 3 rings (SSSR count). The van der Waals surface area contributed by atoms with Crippen molar-refractivity contribution in [3.8, 4) is 0 Å². The summed E-state index contributed by atoms with van der Waals surface area (Å²) in [4.78, 5) is 24.5. The summed E-state index contributed by atoms with van der Waals surface area (Å²) in [7, 11) is 0. The van der Waals surface area contributed by atoms with E-state index in [-0.39, 0.29) is 0 Å². The molecule has 6 nitrogen and oxygen atoms in total. The fourth-order valence-corrected chi connectivity index (χ4v) is 3.25. The average molecular weight is 303 g/mol. The molecule has 1 N–H and O–H groups in total. The first-order valence-corrected chi connectivity index (χ1v) is 8.34. The van der Waals surface area contributed by atoms with E-state index in [0.29, 0.717) is 11.9 Å². The summed E-state index contributed by atoms with van der Waals surface area (Å²) in [6.45, 7) is 5.02. The Morgan fingerprint density at radius 2 is 2.05 bits per heavy atom. The molecule has 0 saturated carbocycles. The molecule has 1 aromatic rings. The van der Waals surface area contributed by atoms with Crippen LogP contribution in [0, 0.1) is 0 Å². The van der Waals surface area contributed by atoms with E-state index in [1.54, 1.807) is 12.5 Å². The first-order chi connectivity index (χ1) is 10.8. The number of carbonyl (C=O) groups excluding carboxylic acids is 1. The molecule has 2 saturated heterocycles. The third-order valence-electron chi connectivity index (χ3n) is 4.63. The highest BCUT2D eigenvalue weighted by atomic mass is 16.2. The van der Waals surface area contributed by atoms with E-state index in [9.17, 15) is 4.79 Å². The lowest BCUT2D eigenvalue weighted by molar-refractivity contribution is -0.133. The smallest absolute Gasteiger partial charge is 0.222 e. The number of nitrogens with one attached hydrogen (secondary N) is 1. The Balaban J connectivity index is 1.37. The summed E-state index contributed by atoms with van der Waals surface area (Å²) in [5.74, 6) is 1.25. The maximum absolute atomic E-state index is 11.8. The molecule has 2 aliphatic heterocycles. The second kappa shape index (κ2) is 7.54. The molecule has 2 fully saturated rings. The van der Waals surface area contributed by atoms with Gasteiger partial charge in [0.1, 0.15) is 12.1 Å². The molecule has 0 atom stereocenters. The quantitative estimate of drug-likeness (QED) is 0.890. The molecular formula is C16H25N5O. The zero-order valence-electron chi connectivity index (χ0n) is 13.1. The predicted molar refractivity (Wildman–Crippen MR) is 85.5 cm³/mol. The van der Waals surface area contributed by atoms with Crippen LogP contribution in [0.1, 0.15) is 32.1 Å². The van der Waals surface area contributed by atoms with Crippen LogP contribution < -0.4 is 5.32 Å². The first-order valence-electron chi connectivity index (χ1n) is 8.34. The number of carbonyl (C=O) groups is 1. The molecule has 2 aliphatic rings. The molecule has 22 heavy (non-hydrogen) atoms. The van der Waals surface area contributed by atoms with Gasteiger partial charge in [-0.05, 0) is 31.7 Å². The Morgan fingerprint density at radius 1 is 1.18 bits per heavy atom. The SMILES string of the molecule is O=C1CCCCN1CCN1CCC(Nc2ccncn2)CC1. The number of nitrogens with zero attached hydrogens (tertiary/aromatic N) is 4. The normalized spacial score (nSPS) is 21.1. The Labute approximate surface area is 131 Å². The van der Waals surface area contributed by atoms with E-state index < -0.39 is 0 Å². The molecule has 0 radical (unpaired) electrons. The largest absolute Gasteiger partial charge is 0.367 e. The van der Waals surface area contributed by atoms with Crippen LogP contribution in [0.4, 0.5) is 5.82 Å². The first kappa shape index (κ1) is 15.2. The van der Waals surface area contributed by atoms with E-state index in [2.05, 4.69) is 20.2 Å². The Morgan fingerprint density at radius 3 is 2.77 bits per heavy atom. The fraction of sp³-hybridized carbons (Fsp3) is 0.688. The molecule has 0 aromatic carbocycles. The van der Waals surface area contributed by atoms with E-state index in [4.69, 9.17) is 0 Å². The van der Waals surface area contributed by atoms with Crippen molar-refractivity contribution in [3.63, 3.8) is 0 Å². The van der Waals surface area contributed by atoms with Crippen molar-refractivity contribution in [2.75, 3.05) is 38.0 Å². The fourth-order valence-electron chi connectivity index (χ4n) is 3.25. The Hall–Kier alpha value is -1.69. The summed E-state index contributed by atoms with van der Waals surface area (Å²) < 4.78 is 0. The van der Waals surface area contributed by atoms with Crippen LogP contribution in [0.25, 0.3) is 0 Å². The number of amides is 1. The number of anilines is 1. The highest BCUT2D eigenvalue weighted by Gasteiger charge is 2.22. The molecule has 0 bridgehead atoms. The van der Waals surface area contributed by atoms with Gasteiger partial charge in [-0.3, -0.25) is 4.79 Å². The molecular weight excluding hydrogens is 278 g/mol. The van der Waals surface area contributed by atoms with E-state index in [1.165, 1.54) is 0 Å². The van der Waals surface area contributed by atoms with Crippen LogP contribution in [0.5, 0.6) is 0 Å². The lowest BCUT2D eigenvalue weighted by atomic mass is 10.0. The van der Waals surface area contributed by atoms with E-state index in [0.717, 1.165) is 70.6 Å². The molecule has 0 aliphatic carbocycles. The summed E-state index contributed by atoms with van der Waals surface area (Å²) >= 11 is 0. The Kier molecular flexibility index (Phi) is 5.21. The van der Waals surface area contributed by atoms with Crippen LogP contribution >= 0.6 is 0 Å². The topological polar surface area (TPSA) is 61.4 Å². The van der Waals surface area contributed by atoms with Crippen molar-refractivity contribution < 1.29 is 4.79 Å². The van der Waals surface area contributed by atoms with Gasteiger partial charge in [-0.2, -0.15) is 0 Å². The molecule has 1 amide bonds. The van der Waals surface area contributed by atoms with Gasteiger partial charge in [0.05, 0.1) is 0 Å². The van der Waals surface area contributed by atoms with Gasteiger partial charge in [-0.25, -0.2) is 9.97 Å². The molecule has 6 heteroatoms. The van der Waals surface area contributed by atoms with Crippen LogP contribution in [-0.4, -0.2) is 64.4 Å². The van der Waals surface area contributed by atoms with Crippen LogP contribution in [0.15, 0.2) is 18.6 Å². The summed E-state index contributed by atoms with van der Waals surface area (Å²) in [5, 5.41) is 3.47. The third-order valence-corrected chi connectivity index (χ3v) is 4.63. The Bertz CT molecular complexity index is 473. The van der Waals surface area contributed by atoms with Crippen LogP contribution in [0.2, 0.25) is 0 Å². The van der Waals surface area contributed by atoms with Gasteiger partial charge >= 0.3 is 0 Å². The minimum atomic E-state index is 0.339. The number of likely N-dealkylation sites (tertiary alicyclic amines) is 2. The molecule has 3 heterocycles. The number of piperidine rings is 2. The van der Waals surface area contributed by atoms with Crippen molar-refractivity contribution >= 4 is 11.7 Å². The number of hydrogen-bond acceptors (Lipinski definition) is 5. The van der Waals surface area contributed by atoms with Crippen LogP contribution in [-0.2, 0) is 4.79 Å². The van der Waals surface area contributed by atoms with E-state index in [1.807, 2.05) is 11.0 Å². The highest BCUT2D eigenvalue weighted by Crippen LogP contribution is 2.15. The lowest BCUT2D eigenvalue weighted by Crippen LogP contribution is -2.45. The maximum Gasteiger partial charge on any atom is 0.222 e. The van der Waals surface area contributed by atoms with Gasteiger partial charge in [0, 0.05) is 51.4 Å². The number of aromatic nitrogens is 2. The monoisotopic (exact) mass is 303 g/mol. The third kappa shape index (κ3) is 4.16. The molecule has 0 spiro atoms. The summed E-state index contributed by atoms with van der Waals surface area (Å²) in [5.41, 5.74) is 0. The standard InChI is InChI=1S/C16H25N5O/c22-16-3-1-2-8-21(16)12-11-20-9-5-14(6-10-20)19-15-4-7-17-13-18-15/h4,7,13-14H,1-3,5-6,8-12H2,(H,17,18,19). The van der Waals surface area contributed by atoms with Gasteiger partial charge in [-0.15, -0.1) is 0 Å². The predicted octanol–water partition coefficient (Wildman–Crippen LogP) is 1.37. The van der Waals surface area contributed by atoms with Gasteiger partial charge in [0.2, 0.25) is 5.91 Å². The van der Waals surface area contributed by atoms with Crippen molar-refractivity contribution in [1.82, 2.24) is 19.8 Å². The van der Waals surface area contributed by atoms with Crippen molar-refractivity contribution in [2.45, 2.75) is 38.1 Å². The zero-order valence-corrected chi connectivity index (χ0v) is 13.1. The highest BCUT2D eigenvalue weighted by molar-refractivity contribution is 5.76. The summed E-state index contributed by atoms with van der Waals surface area (Å²) in [6, 6.07) is 2.40.